The molecule has 2 amide bonds. The van der Waals surface area contributed by atoms with Gasteiger partial charge in [0, 0.05) is 31.4 Å². The molecular formula is C14H21N3O2. The van der Waals surface area contributed by atoms with Crippen molar-refractivity contribution in [3.63, 3.8) is 0 Å². The van der Waals surface area contributed by atoms with E-state index in [0.717, 1.165) is 37.4 Å². The monoisotopic (exact) mass is 263 g/mol. The van der Waals surface area contributed by atoms with Gasteiger partial charge in [-0.1, -0.05) is 13.0 Å². The molecule has 1 aromatic heterocycles. The van der Waals surface area contributed by atoms with Gasteiger partial charge < -0.3 is 15.0 Å². The van der Waals surface area contributed by atoms with Crippen LogP contribution in [0, 0.1) is 5.92 Å². The molecule has 0 unspecified atom stereocenters. The van der Waals surface area contributed by atoms with E-state index >= 15 is 0 Å². The average Bonchev–Trinajstić information content (AvgIpc) is 2.45. The van der Waals surface area contributed by atoms with Gasteiger partial charge in [-0.3, -0.25) is 0 Å². The van der Waals surface area contributed by atoms with Gasteiger partial charge in [-0.25, -0.2) is 9.78 Å². The maximum absolute atomic E-state index is 12.0. The number of hydrogen-bond acceptors (Lipinski definition) is 3. The van der Waals surface area contributed by atoms with E-state index in [1.54, 1.807) is 13.3 Å². The van der Waals surface area contributed by atoms with Crippen LogP contribution in [0.2, 0.25) is 0 Å². The third kappa shape index (κ3) is 3.59. The fourth-order valence-electron chi connectivity index (χ4n) is 2.24. The van der Waals surface area contributed by atoms with Gasteiger partial charge in [-0.05, 0) is 24.8 Å². The highest BCUT2D eigenvalue weighted by Gasteiger charge is 2.20. The summed E-state index contributed by atoms with van der Waals surface area (Å²) >= 11 is 0. The zero-order chi connectivity index (χ0) is 13.7. The molecule has 2 rings (SSSR count). The summed E-state index contributed by atoms with van der Waals surface area (Å²) in [5, 5.41) is 2.93. The molecule has 0 bridgehead atoms. The van der Waals surface area contributed by atoms with E-state index < -0.39 is 0 Å². The fourth-order valence-corrected chi connectivity index (χ4v) is 2.24. The van der Waals surface area contributed by atoms with Crippen molar-refractivity contribution in [2.45, 2.75) is 26.3 Å². The summed E-state index contributed by atoms with van der Waals surface area (Å²) in [6, 6.07) is 3.74. The zero-order valence-corrected chi connectivity index (χ0v) is 11.6. The lowest BCUT2D eigenvalue weighted by atomic mass is 10.00. The number of hydrogen-bond donors (Lipinski definition) is 1. The van der Waals surface area contributed by atoms with Crippen molar-refractivity contribution in [3.05, 3.63) is 23.9 Å². The largest absolute Gasteiger partial charge is 0.481 e. The van der Waals surface area contributed by atoms with Gasteiger partial charge in [-0.15, -0.1) is 0 Å². The van der Waals surface area contributed by atoms with E-state index in [0.29, 0.717) is 12.4 Å². The molecule has 1 aromatic rings. The number of rotatable bonds is 3. The molecular weight excluding hydrogens is 242 g/mol. The molecule has 0 spiro atoms. The lowest BCUT2D eigenvalue weighted by Gasteiger charge is -2.30. The summed E-state index contributed by atoms with van der Waals surface area (Å²) in [6.07, 6.45) is 3.85. The third-order valence-corrected chi connectivity index (χ3v) is 3.54. The second kappa shape index (κ2) is 6.41. The summed E-state index contributed by atoms with van der Waals surface area (Å²) in [7, 11) is 1.58. The van der Waals surface area contributed by atoms with Gasteiger partial charge in [0.15, 0.2) is 0 Å². The number of carbonyl (C=O) groups is 1. The Balaban J connectivity index is 1.86. The van der Waals surface area contributed by atoms with Crippen molar-refractivity contribution in [2.24, 2.45) is 5.92 Å². The lowest BCUT2D eigenvalue weighted by molar-refractivity contribution is 0.173. The molecule has 0 radical (unpaired) electrons. The van der Waals surface area contributed by atoms with Crippen molar-refractivity contribution in [1.82, 2.24) is 15.2 Å². The van der Waals surface area contributed by atoms with Gasteiger partial charge in [0.2, 0.25) is 5.88 Å². The quantitative estimate of drug-likeness (QED) is 0.908. The Morgan fingerprint density at radius 3 is 2.95 bits per heavy atom. The minimum absolute atomic E-state index is 0.00203. The number of urea groups is 1. The van der Waals surface area contributed by atoms with E-state index in [9.17, 15) is 4.79 Å². The summed E-state index contributed by atoms with van der Waals surface area (Å²) in [6.45, 7) is 4.37. The van der Waals surface area contributed by atoms with Gasteiger partial charge in [0.1, 0.15) is 0 Å². The number of aromatic nitrogens is 1. The minimum atomic E-state index is -0.00203. The van der Waals surface area contributed by atoms with Crippen molar-refractivity contribution in [3.8, 4) is 5.88 Å². The molecule has 19 heavy (non-hydrogen) atoms. The number of amides is 2. The van der Waals surface area contributed by atoms with E-state index in [2.05, 4.69) is 17.2 Å². The molecule has 1 fully saturated rings. The van der Waals surface area contributed by atoms with Crippen LogP contribution in [0.5, 0.6) is 5.88 Å². The number of piperidine rings is 1. The summed E-state index contributed by atoms with van der Waals surface area (Å²) in [4.78, 5) is 18.0. The van der Waals surface area contributed by atoms with E-state index in [-0.39, 0.29) is 6.03 Å². The van der Waals surface area contributed by atoms with Crippen LogP contribution in [0.3, 0.4) is 0 Å². The highest BCUT2D eigenvalue weighted by atomic mass is 16.5. The number of likely N-dealkylation sites (tertiary alicyclic amines) is 1. The zero-order valence-electron chi connectivity index (χ0n) is 11.6. The minimum Gasteiger partial charge on any atom is -0.481 e. The first-order valence-corrected chi connectivity index (χ1v) is 6.71. The molecule has 1 aliphatic rings. The van der Waals surface area contributed by atoms with Crippen molar-refractivity contribution in [1.29, 1.82) is 0 Å². The summed E-state index contributed by atoms with van der Waals surface area (Å²) in [5.41, 5.74) is 0.892. The van der Waals surface area contributed by atoms with Crippen LogP contribution in [0.25, 0.3) is 0 Å². The SMILES string of the molecule is COc1ncccc1CNC(=O)N1CCC(C)CC1. The van der Waals surface area contributed by atoms with Crippen LogP contribution in [-0.2, 0) is 6.54 Å². The fraction of sp³-hybridized carbons (Fsp3) is 0.571. The molecule has 5 nitrogen and oxygen atoms in total. The lowest BCUT2D eigenvalue weighted by Crippen LogP contribution is -2.43. The average molecular weight is 263 g/mol. The maximum atomic E-state index is 12.0. The van der Waals surface area contributed by atoms with Crippen LogP contribution in [0.1, 0.15) is 25.3 Å². The standard InChI is InChI=1S/C14H21N3O2/c1-11-5-8-17(9-6-11)14(18)16-10-12-4-3-7-15-13(12)19-2/h3-4,7,11H,5-6,8-10H2,1-2H3,(H,16,18). The Kier molecular flexibility index (Phi) is 4.60. The molecule has 0 atom stereocenters. The first-order valence-electron chi connectivity index (χ1n) is 6.71. The Morgan fingerprint density at radius 2 is 2.26 bits per heavy atom. The van der Waals surface area contributed by atoms with Crippen molar-refractivity contribution in [2.75, 3.05) is 20.2 Å². The molecule has 104 valence electrons. The molecule has 1 saturated heterocycles. The van der Waals surface area contributed by atoms with E-state index in [4.69, 9.17) is 4.74 Å². The first-order chi connectivity index (χ1) is 9.20. The predicted molar refractivity (Wildman–Crippen MR) is 73.0 cm³/mol. The number of nitrogens with zero attached hydrogens (tertiary/aromatic N) is 2. The molecule has 2 heterocycles. The highest BCUT2D eigenvalue weighted by molar-refractivity contribution is 5.74. The highest BCUT2D eigenvalue weighted by Crippen LogP contribution is 2.16. The third-order valence-electron chi connectivity index (χ3n) is 3.54. The molecule has 0 aliphatic carbocycles. The molecule has 0 saturated carbocycles. The smallest absolute Gasteiger partial charge is 0.317 e. The Bertz CT molecular complexity index is 428. The van der Waals surface area contributed by atoms with Gasteiger partial charge in [0.25, 0.3) is 0 Å². The second-order valence-electron chi connectivity index (χ2n) is 5.00. The number of nitrogens with one attached hydrogen (secondary N) is 1. The number of ether oxygens (including phenoxy) is 1. The van der Waals surface area contributed by atoms with E-state index in [1.165, 1.54) is 0 Å². The molecule has 1 N–H and O–H groups in total. The maximum Gasteiger partial charge on any atom is 0.317 e. The predicted octanol–water partition coefficient (Wildman–Crippen LogP) is 2.03. The summed E-state index contributed by atoms with van der Waals surface area (Å²) in [5.74, 6) is 1.29. The van der Waals surface area contributed by atoms with Gasteiger partial charge >= 0.3 is 6.03 Å². The van der Waals surface area contributed by atoms with E-state index in [1.807, 2.05) is 17.0 Å². The van der Waals surface area contributed by atoms with Crippen LogP contribution in [0.4, 0.5) is 4.79 Å². The normalized spacial score (nSPS) is 16.2. The van der Waals surface area contributed by atoms with Crippen molar-refractivity contribution < 1.29 is 9.53 Å². The Labute approximate surface area is 114 Å². The molecule has 0 aromatic carbocycles. The molecule has 1 aliphatic heterocycles. The number of methoxy groups -OCH3 is 1. The summed E-state index contributed by atoms with van der Waals surface area (Å²) < 4.78 is 5.16. The number of carbonyl (C=O) groups excluding carboxylic acids is 1. The van der Waals surface area contributed by atoms with Crippen molar-refractivity contribution >= 4 is 6.03 Å². The van der Waals surface area contributed by atoms with Gasteiger partial charge in [0.05, 0.1) is 7.11 Å². The molecule has 5 heteroatoms. The van der Waals surface area contributed by atoms with Crippen LogP contribution < -0.4 is 10.1 Å². The Hall–Kier alpha value is -1.78. The second-order valence-corrected chi connectivity index (χ2v) is 5.00. The van der Waals surface area contributed by atoms with Crippen LogP contribution in [0.15, 0.2) is 18.3 Å². The van der Waals surface area contributed by atoms with Crippen LogP contribution >= 0.6 is 0 Å². The van der Waals surface area contributed by atoms with Crippen LogP contribution in [-0.4, -0.2) is 36.1 Å². The number of pyridine rings is 1. The Morgan fingerprint density at radius 1 is 1.53 bits per heavy atom. The topological polar surface area (TPSA) is 54.5 Å². The van der Waals surface area contributed by atoms with Gasteiger partial charge in [-0.2, -0.15) is 0 Å². The first kappa shape index (κ1) is 13.6.